The second kappa shape index (κ2) is 4.01. The Kier molecular flexibility index (Phi) is 2.84. The molecule has 1 N–H and O–H groups in total. The largest absolute Gasteiger partial charge is 0.481 e. The zero-order chi connectivity index (χ0) is 11.8. The first-order valence-electron chi connectivity index (χ1n) is 5.30. The topological polar surface area (TPSA) is 66.3 Å². The van der Waals surface area contributed by atoms with Crippen LogP contribution in [0, 0.1) is 12.3 Å². The highest BCUT2D eigenvalue weighted by Gasteiger charge is 2.37. The molecule has 2 rings (SSSR count). The van der Waals surface area contributed by atoms with Crippen LogP contribution in [0.15, 0.2) is 0 Å². The van der Waals surface area contributed by atoms with Gasteiger partial charge in [-0.2, -0.15) is 4.37 Å². The Morgan fingerprint density at radius 3 is 2.56 bits per heavy atom. The number of aromatic nitrogens is 2. The summed E-state index contributed by atoms with van der Waals surface area (Å²) >= 11 is 1.38. The number of aliphatic carboxylic acids is 1. The van der Waals surface area contributed by atoms with Crippen LogP contribution in [0.2, 0.25) is 0 Å². The van der Waals surface area contributed by atoms with Gasteiger partial charge < -0.3 is 10.0 Å². The second-order valence-electron chi connectivity index (χ2n) is 4.48. The smallest absolute Gasteiger partial charge is 0.309 e. The molecule has 1 aliphatic heterocycles. The predicted molar refractivity (Wildman–Crippen MR) is 61.8 cm³/mol. The molecule has 88 valence electrons. The Morgan fingerprint density at radius 1 is 1.50 bits per heavy atom. The number of carbonyl (C=O) groups is 1. The van der Waals surface area contributed by atoms with Crippen molar-refractivity contribution in [3.05, 3.63) is 5.82 Å². The average Bonchev–Trinajstić information content (AvgIpc) is 2.66. The highest BCUT2D eigenvalue weighted by Crippen LogP contribution is 2.33. The Morgan fingerprint density at radius 2 is 2.12 bits per heavy atom. The van der Waals surface area contributed by atoms with Crippen LogP contribution in [0.3, 0.4) is 0 Å². The molecule has 1 aliphatic rings. The first-order valence-corrected chi connectivity index (χ1v) is 6.07. The molecule has 1 fully saturated rings. The zero-order valence-corrected chi connectivity index (χ0v) is 10.3. The van der Waals surface area contributed by atoms with Crippen LogP contribution < -0.4 is 4.90 Å². The van der Waals surface area contributed by atoms with Crippen molar-refractivity contribution in [2.45, 2.75) is 26.7 Å². The van der Waals surface area contributed by atoms with Crippen molar-refractivity contribution in [2.75, 3.05) is 18.0 Å². The summed E-state index contributed by atoms with van der Waals surface area (Å²) in [6, 6.07) is 0. The lowest BCUT2D eigenvalue weighted by Gasteiger charge is -2.36. The minimum atomic E-state index is -0.694. The summed E-state index contributed by atoms with van der Waals surface area (Å²) in [5.41, 5.74) is -0.573. The van der Waals surface area contributed by atoms with E-state index in [-0.39, 0.29) is 0 Å². The van der Waals surface area contributed by atoms with E-state index in [0.29, 0.717) is 12.8 Å². The van der Waals surface area contributed by atoms with Crippen LogP contribution in [0.4, 0.5) is 5.13 Å². The number of carboxylic acids is 1. The summed E-state index contributed by atoms with van der Waals surface area (Å²) in [5, 5.41) is 10.0. The van der Waals surface area contributed by atoms with E-state index in [0.717, 1.165) is 24.0 Å². The molecule has 0 amide bonds. The van der Waals surface area contributed by atoms with Crippen molar-refractivity contribution in [2.24, 2.45) is 5.41 Å². The van der Waals surface area contributed by atoms with E-state index in [1.54, 1.807) is 0 Å². The second-order valence-corrected chi connectivity index (χ2v) is 5.21. The van der Waals surface area contributed by atoms with Crippen molar-refractivity contribution in [3.8, 4) is 0 Å². The Labute approximate surface area is 98.3 Å². The van der Waals surface area contributed by atoms with Gasteiger partial charge in [0.1, 0.15) is 5.82 Å². The third kappa shape index (κ3) is 2.02. The summed E-state index contributed by atoms with van der Waals surface area (Å²) in [6.07, 6.45) is 1.34. The summed E-state index contributed by atoms with van der Waals surface area (Å²) in [5.74, 6) is 0.0900. The maximum absolute atomic E-state index is 11.1. The van der Waals surface area contributed by atoms with E-state index in [9.17, 15) is 4.79 Å². The summed E-state index contributed by atoms with van der Waals surface area (Å²) in [7, 11) is 0. The number of nitrogens with zero attached hydrogens (tertiary/aromatic N) is 3. The maximum atomic E-state index is 11.1. The Hall–Kier alpha value is -1.17. The fraction of sp³-hybridized carbons (Fsp3) is 0.700. The molecule has 1 saturated heterocycles. The number of aryl methyl sites for hydroxylation is 1. The number of hydrogen-bond acceptors (Lipinski definition) is 5. The van der Waals surface area contributed by atoms with Gasteiger partial charge in [-0.05, 0) is 26.7 Å². The molecule has 0 bridgehead atoms. The van der Waals surface area contributed by atoms with Gasteiger partial charge in [0.25, 0.3) is 0 Å². The van der Waals surface area contributed by atoms with Crippen molar-refractivity contribution >= 4 is 22.6 Å². The van der Waals surface area contributed by atoms with Crippen LogP contribution in [-0.2, 0) is 4.79 Å². The lowest BCUT2D eigenvalue weighted by Crippen LogP contribution is -2.42. The number of anilines is 1. The van der Waals surface area contributed by atoms with Gasteiger partial charge in [-0.15, -0.1) is 0 Å². The number of carboxylic acid groups (broad SMARTS) is 1. The maximum Gasteiger partial charge on any atom is 0.309 e. The molecule has 1 aromatic rings. The third-order valence-electron chi connectivity index (χ3n) is 3.17. The van der Waals surface area contributed by atoms with Gasteiger partial charge >= 0.3 is 5.97 Å². The molecule has 0 spiro atoms. The molecule has 0 aromatic carbocycles. The first kappa shape index (κ1) is 11.3. The fourth-order valence-electron chi connectivity index (χ4n) is 1.82. The minimum absolute atomic E-state index is 0.573. The monoisotopic (exact) mass is 241 g/mol. The molecule has 16 heavy (non-hydrogen) atoms. The zero-order valence-electron chi connectivity index (χ0n) is 9.43. The van der Waals surface area contributed by atoms with Crippen LogP contribution in [0.25, 0.3) is 0 Å². The van der Waals surface area contributed by atoms with Gasteiger partial charge in [0, 0.05) is 24.6 Å². The Balaban J connectivity index is 2.03. The van der Waals surface area contributed by atoms with Gasteiger partial charge in [0.05, 0.1) is 5.41 Å². The number of rotatable bonds is 2. The lowest BCUT2D eigenvalue weighted by molar-refractivity contribution is -0.149. The van der Waals surface area contributed by atoms with Gasteiger partial charge in [0.15, 0.2) is 0 Å². The van der Waals surface area contributed by atoms with E-state index >= 15 is 0 Å². The van der Waals surface area contributed by atoms with Gasteiger partial charge in [0.2, 0.25) is 5.13 Å². The van der Waals surface area contributed by atoms with Crippen molar-refractivity contribution in [1.82, 2.24) is 9.36 Å². The van der Waals surface area contributed by atoms with Crippen molar-refractivity contribution < 1.29 is 9.90 Å². The number of piperidine rings is 1. The molecule has 2 heterocycles. The van der Waals surface area contributed by atoms with E-state index in [1.807, 2.05) is 13.8 Å². The minimum Gasteiger partial charge on any atom is -0.481 e. The normalized spacial score (nSPS) is 19.8. The molecule has 0 radical (unpaired) electrons. The predicted octanol–water partition coefficient (Wildman–Crippen LogP) is 1.54. The third-order valence-corrected chi connectivity index (χ3v) is 4.04. The molecule has 0 aliphatic carbocycles. The van der Waals surface area contributed by atoms with Gasteiger partial charge in [-0.25, -0.2) is 4.98 Å². The highest BCUT2D eigenvalue weighted by molar-refractivity contribution is 7.09. The number of hydrogen-bond donors (Lipinski definition) is 1. The lowest BCUT2D eigenvalue weighted by atomic mass is 9.81. The molecular formula is C10H15N3O2S. The SMILES string of the molecule is Cc1nsc(N2CCC(C)(C(=O)O)CC2)n1. The van der Waals surface area contributed by atoms with E-state index in [4.69, 9.17) is 5.11 Å². The van der Waals surface area contributed by atoms with Crippen molar-refractivity contribution in [3.63, 3.8) is 0 Å². The van der Waals surface area contributed by atoms with E-state index in [1.165, 1.54) is 11.5 Å². The molecule has 1 aromatic heterocycles. The fourth-order valence-corrected chi connectivity index (χ4v) is 2.55. The Bertz CT molecular complexity index is 397. The molecular weight excluding hydrogens is 226 g/mol. The van der Waals surface area contributed by atoms with Crippen LogP contribution in [0.1, 0.15) is 25.6 Å². The summed E-state index contributed by atoms with van der Waals surface area (Å²) < 4.78 is 4.14. The van der Waals surface area contributed by atoms with Crippen molar-refractivity contribution in [1.29, 1.82) is 0 Å². The first-order chi connectivity index (χ1) is 7.51. The highest BCUT2D eigenvalue weighted by atomic mass is 32.1. The molecule has 0 atom stereocenters. The summed E-state index contributed by atoms with van der Waals surface area (Å²) in [6.45, 7) is 5.18. The van der Waals surface area contributed by atoms with Crippen LogP contribution in [0.5, 0.6) is 0 Å². The van der Waals surface area contributed by atoms with E-state index in [2.05, 4.69) is 14.3 Å². The van der Waals surface area contributed by atoms with Crippen LogP contribution >= 0.6 is 11.5 Å². The standard InChI is InChI=1S/C10H15N3O2S/c1-7-11-9(16-12-7)13-5-3-10(2,4-6-13)8(14)15/h3-6H2,1-2H3,(H,14,15). The molecule has 0 unspecified atom stereocenters. The molecule has 0 saturated carbocycles. The quantitative estimate of drug-likeness (QED) is 0.850. The van der Waals surface area contributed by atoms with Gasteiger partial charge in [-0.1, -0.05) is 0 Å². The van der Waals surface area contributed by atoms with Gasteiger partial charge in [-0.3, -0.25) is 4.79 Å². The molecule has 5 nitrogen and oxygen atoms in total. The molecule has 6 heteroatoms. The van der Waals surface area contributed by atoms with Crippen LogP contribution in [-0.4, -0.2) is 33.5 Å². The average molecular weight is 241 g/mol. The summed E-state index contributed by atoms with van der Waals surface area (Å²) in [4.78, 5) is 17.5. The van der Waals surface area contributed by atoms with E-state index < -0.39 is 11.4 Å².